The van der Waals surface area contributed by atoms with Gasteiger partial charge in [-0.25, -0.2) is 13.9 Å². The molecule has 1 saturated heterocycles. The molecule has 2 aliphatic rings. The number of carbonyl (C=O) groups is 1. The molecule has 1 saturated carbocycles. The van der Waals surface area contributed by atoms with Crippen LogP contribution in [-0.2, 0) is 32.2 Å². The lowest BCUT2D eigenvalue weighted by atomic mass is 10.1. The van der Waals surface area contributed by atoms with Gasteiger partial charge in [-0.2, -0.15) is 4.31 Å². The summed E-state index contributed by atoms with van der Waals surface area (Å²) in [6.45, 7) is -0.428. The van der Waals surface area contributed by atoms with Crippen LogP contribution in [-0.4, -0.2) is 67.5 Å². The number of carbonyl (C=O) groups excluding carboxylic acids is 1. The van der Waals surface area contributed by atoms with Crippen LogP contribution < -0.4 is 17.0 Å². The number of phosphoric ester groups is 1. The van der Waals surface area contributed by atoms with Crippen molar-refractivity contribution < 1.29 is 46.9 Å². The number of H-pyrrole nitrogens is 1. The van der Waals surface area contributed by atoms with E-state index < -0.39 is 69.9 Å². The average molecular weight is 536 g/mol. The Bertz CT molecular complexity index is 1320. The largest absolute Gasteiger partial charge is 0.481 e. The summed E-state index contributed by atoms with van der Waals surface area (Å²) in [5.41, 5.74) is 12.5. The van der Waals surface area contributed by atoms with Crippen LogP contribution in [0.5, 0.6) is 0 Å². The monoisotopic (exact) mass is 536 g/mol. The Morgan fingerprint density at radius 3 is 2.66 bits per heavy atom. The molecule has 6 N–H and O–H groups in total. The van der Waals surface area contributed by atoms with Gasteiger partial charge >= 0.3 is 21.3 Å². The van der Waals surface area contributed by atoms with E-state index in [9.17, 15) is 28.4 Å². The number of aromatic nitrogens is 2. The highest BCUT2D eigenvalue weighted by Crippen LogP contribution is 2.59. The zero-order valence-corrected chi connectivity index (χ0v) is 19.2. The molecule has 0 bridgehead atoms. The number of phosphoric acid groups is 2. The smallest absolute Gasteiger partial charge is 0.364 e. The van der Waals surface area contributed by atoms with Crippen molar-refractivity contribution in [2.75, 3.05) is 13.2 Å². The van der Waals surface area contributed by atoms with Crippen molar-refractivity contribution in [2.24, 2.45) is 10.8 Å². The van der Waals surface area contributed by atoms with Crippen LogP contribution in [0, 0.1) is 11.8 Å². The fourth-order valence-corrected chi connectivity index (χ4v) is 4.86. The molecular weight excluding hydrogens is 518 g/mol. The highest BCUT2D eigenvalue weighted by atomic mass is 31.3. The molecule has 0 radical (unpaired) electrons. The topological polar surface area (TPSA) is 278 Å². The maximum absolute atomic E-state index is 12.3. The van der Waals surface area contributed by atoms with Gasteiger partial charge in [-0.3, -0.25) is 23.7 Å². The van der Waals surface area contributed by atoms with E-state index >= 15 is 0 Å². The van der Waals surface area contributed by atoms with Gasteiger partial charge in [0.05, 0.1) is 25.3 Å². The third-order valence-corrected chi connectivity index (χ3v) is 6.80. The molecule has 3 rings (SSSR count). The quantitative estimate of drug-likeness (QED) is 0.0780. The van der Waals surface area contributed by atoms with E-state index in [0.717, 1.165) is 10.8 Å². The summed E-state index contributed by atoms with van der Waals surface area (Å²) in [7, 11) is -10.7. The molecule has 0 aromatic carbocycles. The molecule has 2 fully saturated rings. The number of ketones is 1. The van der Waals surface area contributed by atoms with Crippen molar-refractivity contribution in [1.29, 1.82) is 0 Å². The molecule has 2 heterocycles. The van der Waals surface area contributed by atoms with E-state index in [0.29, 0.717) is 0 Å². The number of hydrogen-bond acceptors (Lipinski definition) is 11. The average Bonchev–Trinajstić information content (AvgIpc) is 3.13. The molecule has 1 aromatic heterocycles. The Morgan fingerprint density at radius 2 is 2.03 bits per heavy atom. The third kappa shape index (κ3) is 6.95. The van der Waals surface area contributed by atoms with Crippen LogP contribution in [0.15, 0.2) is 20.9 Å². The molecule has 4 unspecified atom stereocenters. The molecule has 20 heteroatoms. The Kier molecular flexibility index (Phi) is 8.12. The summed E-state index contributed by atoms with van der Waals surface area (Å²) in [4.78, 5) is 67.3. The molecule has 6 atom stereocenters. The van der Waals surface area contributed by atoms with Crippen LogP contribution >= 0.6 is 15.6 Å². The molecular formula is C15H18N6O12P2. The van der Waals surface area contributed by atoms with Crippen molar-refractivity contribution in [3.05, 3.63) is 43.0 Å². The van der Waals surface area contributed by atoms with Gasteiger partial charge < -0.3 is 29.9 Å². The Morgan fingerprint density at radius 1 is 1.31 bits per heavy atom. The number of rotatable bonds is 9. The van der Waals surface area contributed by atoms with E-state index in [1.54, 1.807) is 0 Å². The van der Waals surface area contributed by atoms with Crippen LogP contribution in [0.1, 0.15) is 18.2 Å². The number of hydrogen-bond donors (Lipinski definition) is 5. The number of Topliss-reactive ketones (excluding diaryl/α,β-unsaturated/α-hetero) is 1. The van der Waals surface area contributed by atoms with E-state index in [2.05, 4.69) is 35.7 Å². The minimum atomic E-state index is -5.38. The van der Waals surface area contributed by atoms with Crippen LogP contribution in [0.2, 0.25) is 0 Å². The first-order valence-corrected chi connectivity index (χ1v) is 12.5. The zero-order chi connectivity index (χ0) is 26.0. The molecule has 1 aliphatic carbocycles. The highest BCUT2D eigenvalue weighted by Gasteiger charge is 2.57. The molecule has 190 valence electrons. The zero-order valence-electron chi connectivity index (χ0n) is 17.4. The van der Waals surface area contributed by atoms with Gasteiger partial charge in [0, 0.05) is 17.5 Å². The lowest BCUT2D eigenvalue weighted by molar-refractivity contribution is -0.115. The predicted octanol–water partition coefficient (Wildman–Crippen LogP) is -1.62. The lowest BCUT2D eigenvalue weighted by Gasteiger charge is -2.16. The first-order chi connectivity index (χ1) is 16.3. The van der Waals surface area contributed by atoms with Crippen LogP contribution in [0.25, 0.3) is 10.4 Å². The van der Waals surface area contributed by atoms with Gasteiger partial charge in [-0.05, 0) is 5.53 Å². The minimum Gasteiger partial charge on any atom is -0.364 e. The Hall–Kier alpha value is -2.64. The van der Waals surface area contributed by atoms with Crippen molar-refractivity contribution in [2.45, 2.75) is 37.0 Å². The third-order valence-electron chi connectivity index (χ3n) is 4.63. The summed E-state index contributed by atoms with van der Waals surface area (Å²) in [6.07, 6.45) is -3.90. The summed E-state index contributed by atoms with van der Waals surface area (Å²) >= 11 is 0. The number of aromatic amines is 1. The van der Waals surface area contributed by atoms with E-state index in [4.69, 9.17) is 30.5 Å². The normalized spacial score (nSPS) is 27.4. The summed E-state index contributed by atoms with van der Waals surface area (Å²) in [5.74, 6) is 4.17. The Labute approximate surface area is 194 Å². The first kappa shape index (κ1) is 27.0. The SMILES string of the molecule is [N-]=[N+]=NC1C[C@H](n2cc(C#CCN)c(=O)[nH]c2=O)O[C@@H]1COC1C(=O)C1OP(=O)(O)OP(=O)(O)O. The standard InChI is InChI=1S/C15H18N6O12P2/c16-3-1-2-7-5-21(15(24)18-14(7)23)10-4-8(19-20-17)9(31-10)6-30-12-11(22)13(12)32-35(28,29)33-34(25,26)27/h5,8-10,12-13H,3-4,6,16H2,(H,28,29)(H,18,23,24)(H2,25,26,27)/t8?,9-,10-,12?,13?/m1/s1. The molecule has 1 aromatic rings. The van der Waals surface area contributed by atoms with Gasteiger partial charge in [0.25, 0.3) is 5.56 Å². The van der Waals surface area contributed by atoms with Crippen LogP contribution in [0.4, 0.5) is 0 Å². The first-order valence-electron chi connectivity index (χ1n) is 9.52. The number of ether oxygens (including phenoxy) is 2. The molecule has 18 nitrogen and oxygen atoms in total. The number of azide groups is 1. The maximum atomic E-state index is 12.3. The predicted molar refractivity (Wildman–Crippen MR) is 111 cm³/mol. The maximum Gasteiger partial charge on any atom is 0.481 e. The summed E-state index contributed by atoms with van der Waals surface area (Å²) in [5, 5.41) is 3.57. The second-order valence-corrected chi connectivity index (χ2v) is 9.86. The van der Waals surface area contributed by atoms with Crippen molar-refractivity contribution >= 4 is 21.4 Å². The van der Waals surface area contributed by atoms with Gasteiger partial charge in [0.1, 0.15) is 11.8 Å². The molecule has 0 amide bonds. The number of nitrogens with two attached hydrogens (primary N) is 1. The fraction of sp³-hybridized carbons (Fsp3) is 0.533. The van der Waals surface area contributed by atoms with Crippen LogP contribution in [0.3, 0.4) is 0 Å². The molecule has 1 aliphatic heterocycles. The van der Waals surface area contributed by atoms with Gasteiger partial charge in [0.2, 0.25) is 0 Å². The molecule has 0 spiro atoms. The van der Waals surface area contributed by atoms with Gasteiger partial charge in [-0.1, -0.05) is 17.0 Å². The Balaban J connectivity index is 1.68. The van der Waals surface area contributed by atoms with Crippen molar-refractivity contribution in [1.82, 2.24) is 9.55 Å². The van der Waals surface area contributed by atoms with Crippen molar-refractivity contribution in [3.63, 3.8) is 0 Å². The molecule has 35 heavy (non-hydrogen) atoms. The summed E-state index contributed by atoms with van der Waals surface area (Å²) in [6, 6.07) is -0.877. The second-order valence-electron chi connectivity index (χ2n) is 7.08. The fourth-order valence-electron chi connectivity index (χ4n) is 3.13. The highest BCUT2D eigenvalue weighted by molar-refractivity contribution is 7.60. The van der Waals surface area contributed by atoms with Crippen molar-refractivity contribution in [3.8, 4) is 11.8 Å². The number of nitrogens with one attached hydrogen (secondary N) is 1. The van der Waals surface area contributed by atoms with Gasteiger partial charge in [-0.15, -0.1) is 0 Å². The van der Waals surface area contributed by atoms with E-state index in [-0.39, 0.29) is 18.5 Å². The number of nitrogens with zero attached hydrogens (tertiary/aromatic N) is 4. The van der Waals surface area contributed by atoms with E-state index in [1.807, 2.05) is 0 Å². The lowest BCUT2D eigenvalue weighted by Crippen LogP contribution is -2.34. The van der Waals surface area contributed by atoms with Gasteiger partial charge in [0.15, 0.2) is 18.0 Å². The second kappa shape index (κ2) is 10.5. The van der Waals surface area contributed by atoms with E-state index in [1.165, 1.54) is 0 Å². The summed E-state index contributed by atoms with van der Waals surface area (Å²) < 4.78 is 42.3. The minimum absolute atomic E-state index is 0.0195.